The van der Waals surface area contributed by atoms with Crippen molar-refractivity contribution in [2.75, 3.05) is 30.3 Å². The lowest BCUT2D eigenvalue weighted by Crippen LogP contribution is -2.46. The summed E-state index contributed by atoms with van der Waals surface area (Å²) >= 11 is 1.50. The number of sulfonamides is 1. The molecule has 3 N–H and O–H groups in total. The molecule has 1 aromatic carbocycles. The second-order valence-electron chi connectivity index (χ2n) is 5.42. The van der Waals surface area contributed by atoms with Gasteiger partial charge in [-0.15, -0.1) is 11.8 Å². The molecule has 0 amide bonds. The highest BCUT2D eigenvalue weighted by atomic mass is 32.2. The Morgan fingerprint density at radius 3 is 2.67 bits per heavy atom. The standard InChI is InChI=1S/C14H22N2O3S2/c1-11-6-7-16(10-14(11)17)21(18,19)9-8-20-13-4-2-12(15)3-5-13/h2-5,11,14,17H,6-10,15H2,1H3. The van der Waals surface area contributed by atoms with Gasteiger partial charge in [0.2, 0.25) is 10.0 Å². The number of aliphatic hydroxyl groups excluding tert-OH is 1. The number of nitrogens with zero attached hydrogens (tertiary/aromatic N) is 1. The molecule has 1 aliphatic heterocycles. The van der Waals surface area contributed by atoms with Gasteiger partial charge in [0.15, 0.2) is 0 Å². The van der Waals surface area contributed by atoms with E-state index in [1.54, 1.807) is 12.1 Å². The Balaban J connectivity index is 1.85. The first kappa shape index (κ1) is 16.6. The number of aliphatic hydroxyl groups is 1. The van der Waals surface area contributed by atoms with Crippen molar-refractivity contribution >= 4 is 27.5 Å². The van der Waals surface area contributed by atoms with E-state index < -0.39 is 16.1 Å². The molecular weight excluding hydrogens is 308 g/mol. The van der Waals surface area contributed by atoms with Gasteiger partial charge in [-0.2, -0.15) is 4.31 Å². The van der Waals surface area contributed by atoms with E-state index in [2.05, 4.69) is 0 Å². The molecule has 1 aromatic rings. The molecule has 0 aliphatic carbocycles. The smallest absolute Gasteiger partial charge is 0.215 e. The molecule has 2 unspecified atom stereocenters. The molecule has 1 heterocycles. The average molecular weight is 330 g/mol. The fourth-order valence-electron chi connectivity index (χ4n) is 2.23. The summed E-state index contributed by atoms with van der Waals surface area (Å²) in [5.41, 5.74) is 6.31. The molecule has 1 saturated heterocycles. The average Bonchev–Trinajstić information content (AvgIpc) is 2.44. The van der Waals surface area contributed by atoms with Crippen LogP contribution in [0, 0.1) is 5.92 Å². The molecule has 0 saturated carbocycles. The van der Waals surface area contributed by atoms with Gasteiger partial charge in [-0.1, -0.05) is 6.92 Å². The van der Waals surface area contributed by atoms with Crippen LogP contribution in [-0.4, -0.2) is 48.5 Å². The quantitative estimate of drug-likeness (QED) is 0.630. The summed E-state index contributed by atoms with van der Waals surface area (Å²) in [6, 6.07) is 7.39. The van der Waals surface area contributed by atoms with E-state index in [1.165, 1.54) is 16.1 Å². The van der Waals surface area contributed by atoms with Crippen LogP contribution in [0.3, 0.4) is 0 Å². The zero-order valence-electron chi connectivity index (χ0n) is 12.1. The van der Waals surface area contributed by atoms with Gasteiger partial charge in [0, 0.05) is 29.4 Å². The highest BCUT2D eigenvalue weighted by Crippen LogP contribution is 2.22. The Hall–Kier alpha value is -0.760. The molecule has 7 heteroatoms. The van der Waals surface area contributed by atoms with Gasteiger partial charge in [-0.3, -0.25) is 0 Å². The number of rotatable bonds is 5. The maximum Gasteiger partial charge on any atom is 0.215 e. The summed E-state index contributed by atoms with van der Waals surface area (Å²) in [5.74, 6) is 0.748. The van der Waals surface area contributed by atoms with Crippen LogP contribution in [0.25, 0.3) is 0 Å². The maximum absolute atomic E-state index is 12.3. The molecule has 118 valence electrons. The number of nitrogen functional groups attached to an aromatic ring is 1. The van der Waals surface area contributed by atoms with Gasteiger partial charge < -0.3 is 10.8 Å². The SMILES string of the molecule is CC1CCN(S(=O)(=O)CCSc2ccc(N)cc2)CC1O. The van der Waals surface area contributed by atoms with Gasteiger partial charge in [-0.05, 0) is 36.6 Å². The zero-order chi connectivity index (χ0) is 15.5. The molecule has 0 bridgehead atoms. The van der Waals surface area contributed by atoms with E-state index >= 15 is 0 Å². The monoisotopic (exact) mass is 330 g/mol. The van der Waals surface area contributed by atoms with Crippen LogP contribution in [-0.2, 0) is 10.0 Å². The largest absolute Gasteiger partial charge is 0.399 e. The second kappa shape index (κ2) is 7.00. The van der Waals surface area contributed by atoms with E-state index in [9.17, 15) is 13.5 Å². The zero-order valence-corrected chi connectivity index (χ0v) is 13.7. The normalized spacial score (nSPS) is 24.1. The van der Waals surface area contributed by atoms with Crippen molar-refractivity contribution < 1.29 is 13.5 Å². The number of piperidine rings is 1. The van der Waals surface area contributed by atoms with Crippen molar-refractivity contribution in [1.29, 1.82) is 0 Å². The molecule has 0 radical (unpaired) electrons. The topological polar surface area (TPSA) is 83.6 Å². The Morgan fingerprint density at radius 1 is 1.38 bits per heavy atom. The van der Waals surface area contributed by atoms with Gasteiger partial charge in [-0.25, -0.2) is 8.42 Å². The summed E-state index contributed by atoms with van der Waals surface area (Å²) in [6.45, 7) is 2.68. The van der Waals surface area contributed by atoms with Crippen molar-refractivity contribution in [3.05, 3.63) is 24.3 Å². The highest BCUT2D eigenvalue weighted by Gasteiger charge is 2.31. The molecule has 1 fully saturated rings. The first-order valence-corrected chi connectivity index (χ1v) is 9.62. The predicted octanol–water partition coefficient (Wildman–Crippen LogP) is 1.39. The maximum atomic E-state index is 12.3. The third kappa shape index (κ3) is 4.60. The van der Waals surface area contributed by atoms with Gasteiger partial charge in [0.1, 0.15) is 0 Å². The highest BCUT2D eigenvalue weighted by molar-refractivity contribution is 8.00. The molecule has 1 aliphatic rings. The first-order chi connectivity index (χ1) is 9.88. The van der Waals surface area contributed by atoms with Crippen LogP contribution in [0.5, 0.6) is 0 Å². The minimum absolute atomic E-state index is 0.0865. The second-order valence-corrected chi connectivity index (χ2v) is 8.68. The summed E-state index contributed by atoms with van der Waals surface area (Å²) in [4.78, 5) is 1.01. The Morgan fingerprint density at radius 2 is 2.05 bits per heavy atom. The van der Waals surface area contributed by atoms with Gasteiger partial charge in [0.25, 0.3) is 0 Å². The molecular formula is C14H22N2O3S2. The lowest BCUT2D eigenvalue weighted by molar-refractivity contribution is 0.0606. The van der Waals surface area contributed by atoms with Crippen LogP contribution in [0.2, 0.25) is 0 Å². The predicted molar refractivity (Wildman–Crippen MR) is 86.7 cm³/mol. The number of anilines is 1. The van der Waals surface area contributed by atoms with Crippen molar-refractivity contribution in [2.24, 2.45) is 5.92 Å². The van der Waals surface area contributed by atoms with Gasteiger partial charge >= 0.3 is 0 Å². The summed E-state index contributed by atoms with van der Waals surface area (Å²) in [7, 11) is -3.29. The number of β-amino-alcohol motifs (C(OH)–C–C–N with tert-alkyl or cyclic N) is 1. The third-order valence-electron chi connectivity index (χ3n) is 3.76. The molecule has 0 spiro atoms. The van der Waals surface area contributed by atoms with Crippen LogP contribution >= 0.6 is 11.8 Å². The van der Waals surface area contributed by atoms with Crippen molar-refractivity contribution in [2.45, 2.75) is 24.3 Å². The van der Waals surface area contributed by atoms with Crippen molar-refractivity contribution in [3.63, 3.8) is 0 Å². The number of benzene rings is 1. The lowest BCUT2D eigenvalue weighted by Gasteiger charge is -2.33. The number of hydrogen-bond acceptors (Lipinski definition) is 5. The Labute approximate surface area is 130 Å². The lowest BCUT2D eigenvalue weighted by atomic mass is 9.98. The van der Waals surface area contributed by atoms with Gasteiger partial charge in [0.05, 0.1) is 11.9 Å². The molecule has 21 heavy (non-hydrogen) atoms. The Bertz CT molecular complexity index is 560. The summed E-state index contributed by atoms with van der Waals surface area (Å²) < 4.78 is 25.9. The molecule has 5 nitrogen and oxygen atoms in total. The Kier molecular flexibility index (Phi) is 5.54. The van der Waals surface area contributed by atoms with E-state index in [0.717, 1.165) is 4.90 Å². The number of nitrogens with two attached hydrogens (primary N) is 1. The van der Waals surface area contributed by atoms with Crippen molar-refractivity contribution in [3.8, 4) is 0 Å². The van der Waals surface area contributed by atoms with E-state index in [-0.39, 0.29) is 18.2 Å². The molecule has 0 aromatic heterocycles. The summed E-state index contributed by atoms with van der Waals surface area (Å²) in [5, 5.41) is 9.82. The first-order valence-electron chi connectivity index (χ1n) is 7.03. The van der Waals surface area contributed by atoms with Crippen LogP contribution in [0.15, 0.2) is 29.2 Å². The van der Waals surface area contributed by atoms with E-state index in [0.29, 0.717) is 24.4 Å². The van der Waals surface area contributed by atoms with Crippen molar-refractivity contribution in [1.82, 2.24) is 4.31 Å². The fraction of sp³-hybridized carbons (Fsp3) is 0.571. The molecule has 2 atom stereocenters. The van der Waals surface area contributed by atoms with E-state index in [1.807, 2.05) is 19.1 Å². The van der Waals surface area contributed by atoms with E-state index in [4.69, 9.17) is 5.73 Å². The number of thioether (sulfide) groups is 1. The van der Waals surface area contributed by atoms with Crippen LogP contribution in [0.1, 0.15) is 13.3 Å². The number of hydrogen-bond donors (Lipinski definition) is 2. The molecule has 2 rings (SSSR count). The minimum atomic E-state index is -3.29. The minimum Gasteiger partial charge on any atom is -0.399 e. The third-order valence-corrected chi connectivity index (χ3v) is 6.88. The van der Waals surface area contributed by atoms with Crippen LogP contribution < -0.4 is 5.73 Å². The van der Waals surface area contributed by atoms with Crippen LogP contribution in [0.4, 0.5) is 5.69 Å². The fourth-order valence-corrected chi connectivity index (χ4v) is 4.99. The summed E-state index contributed by atoms with van der Waals surface area (Å²) in [6.07, 6.45) is 0.157.